The summed E-state index contributed by atoms with van der Waals surface area (Å²) < 4.78 is 5.56. The number of ether oxygens (including phenoxy) is 1. The number of urea groups is 1. The molecule has 0 heterocycles. The van der Waals surface area contributed by atoms with Crippen LogP contribution in [0.1, 0.15) is 12.0 Å². The van der Waals surface area contributed by atoms with Crippen LogP contribution in [0.5, 0.6) is 0 Å². The van der Waals surface area contributed by atoms with Crippen molar-refractivity contribution in [1.29, 1.82) is 0 Å². The van der Waals surface area contributed by atoms with Gasteiger partial charge in [0.25, 0.3) is 0 Å². The van der Waals surface area contributed by atoms with E-state index in [1.54, 1.807) is 18.2 Å². The second-order valence-electron chi connectivity index (χ2n) is 5.21. The summed E-state index contributed by atoms with van der Waals surface area (Å²) in [5.41, 5.74) is 1.74. The molecule has 0 aliphatic carbocycles. The quantitative estimate of drug-likeness (QED) is 0.661. The molecule has 2 aromatic rings. The van der Waals surface area contributed by atoms with Crippen LogP contribution in [-0.4, -0.2) is 25.8 Å². The molecule has 0 fully saturated rings. The maximum atomic E-state index is 11.8. The van der Waals surface area contributed by atoms with Crippen molar-refractivity contribution in [2.24, 2.45) is 0 Å². The van der Waals surface area contributed by atoms with Crippen molar-refractivity contribution >= 4 is 34.9 Å². The van der Waals surface area contributed by atoms with E-state index in [9.17, 15) is 4.79 Å². The van der Waals surface area contributed by atoms with E-state index in [1.807, 2.05) is 18.2 Å². The van der Waals surface area contributed by atoms with Gasteiger partial charge in [-0.05, 0) is 36.6 Å². The first-order valence-electron chi connectivity index (χ1n) is 7.77. The first kappa shape index (κ1) is 18.6. The zero-order chi connectivity index (χ0) is 17.2. The number of carbonyl (C=O) groups excluding carboxylic acids is 1. The summed E-state index contributed by atoms with van der Waals surface area (Å²) in [6.45, 7) is 1.80. The van der Waals surface area contributed by atoms with Crippen molar-refractivity contribution in [3.05, 3.63) is 64.1 Å². The molecule has 2 rings (SSSR count). The van der Waals surface area contributed by atoms with E-state index >= 15 is 0 Å². The minimum atomic E-state index is -0.316. The first-order chi connectivity index (χ1) is 11.6. The molecule has 0 aliphatic rings. The fourth-order valence-corrected chi connectivity index (χ4v) is 2.41. The van der Waals surface area contributed by atoms with E-state index in [0.717, 1.165) is 12.8 Å². The highest BCUT2D eigenvalue weighted by molar-refractivity contribution is 6.35. The highest BCUT2D eigenvalue weighted by Gasteiger charge is 2.05. The Morgan fingerprint density at radius 3 is 2.62 bits per heavy atom. The van der Waals surface area contributed by atoms with E-state index in [2.05, 4.69) is 22.8 Å². The van der Waals surface area contributed by atoms with Crippen molar-refractivity contribution in [3.63, 3.8) is 0 Å². The molecule has 0 atom stereocenters. The predicted octanol–water partition coefficient (Wildman–Crippen LogP) is 4.76. The molecule has 0 bridgehead atoms. The van der Waals surface area contributed by atoms with Crippen LogP contribution < -0.4 is 10.6 Å². The molecule has 2 aromatic carbocycles. The van der Waals surface area contributed by atoms with E-state index in [-0.39, 0.29) is 6.03 Å². The fourth-order valence-electron chi connectivity index (χ4n) is 2.07. The largest absolute Gasteiger partial charge is 0.381 e. The van der Waals surface area contributed by atoms with Crippen LogP contribution in [0.15, 0.2) is 48.5 Å². The number of nitrogens with one attached hydrogen (secondary N) is 2. The van der Waals surface area contributed by atoms with Gasteiger partial charge in [-0.15, -0.1) is 0 Å². The molecule has 0 spiro atoms. The van der Waals surface area contributed by atoms with Gasteiger partial charge in [-0.25, -0.2) is 4.79 Å². The number of halogens is 2. The summed E-state index contributed by atoms with van der Waals surface area (Å²) in [6, 6.07) is 14.8. The Balaban J connectivity index is 1.55. The van der Waals surface area contributed by atoms with Crippen LogP contribution in [0.2, 0.25) is 10.0 Å². The van der Waals surface area contributed by atoms with Crippen LogP contribution in [0.3, 0.4) is 0 Å². The second-order valence-corrected chi connectivity index (χ2v) is 6.05. The van der Waals surface area contributed by atoms with E-state index < -0.39 is 0 Å². The normalized spacial score (nSPS) is 10.4. The Morgan fingerprint density at radius 1 is 1.04 bits per heavy atom. The van der Waals surface area contributed by atoms with Crippen molar-refractivity contribution in [1.82, 2.24) is 5.32 Å². The van der Waals surface area contributed by atoms with Crippen LogP contribution in [0.4, 0.5) is 10.5 Å². The Hall–Kier alpha value is -1.75. The van der Waals surface area contributed by atoms with Crippen molar-refractivity contribution < 1.29 is 9.53 Å². The number of anilines is 1. The van der Waals surface area contributed by atoms with Gasteiger partial charge in [0.05, 0.1) is 17.3 Å². The average Bonchev–Trinajstić information content (AvgIpc) is 2.58. The summed E-state index contributed by atoms with van der Waals surface area (Å²) in [5, 5.41) is 6.38. The predicted molar refractivity (Wildman–Crippen MR) is 99.1 cm³/mol. The Morgan fingerprint density at radius 2 is 1.83 bits per heavy atom. The van der Waals surface area contributed by atoms with Crippen molar-refractivity contribution in [2.45, 2.75) is 12.8 Å². The van der Waals surface area contributed by atoms with E-state index in [1.165, 1.54) is 5.56 Å². The van der Waals surface area contributed by atoms with Crippen LogP contribution in [0.25, 0.3) is 0 Å². The average molecular weight is 367 g/mol. The lowest BCUT2D eigenvalue weighted by molar-refractivity contribution is 0.135. The molecule has 0 unspecified atom stereocenters. The second kappa shape index (κ2) is 10.2. The number of hydrogen-bond donors (Lipinski definition) is 2. The summed E-state index contributed by atoms with van der Waals surface area (Å²) in [7, 11) is 0. The molecule has 0 saturated heterocycles. The van der Waals surface area contributed by atoms with Gasteiger partial charge in [0.2, 0.25) is 0 Å². The van der Waals surface area contributed by atoms with Crippen LogP contribution in [-0.2, 0) is 11.2 Å². The topological polar surface area (TPSA) is 50.4 Å². The van der Waals surface area contributed by atoms with Gasteiger partial charge in [0.15, 0.2) is 0 Å². The third kappa shape index (κ3) is 6.79. The van der Waals surface area contributed by atoms with Gasteiger partial charge in [0, 0.05) is 18.2 Å². The standard InChI is InChI=1S/C18H20Cl2N2O2/c19-15-7-8-16(20)17(13-15)22-18(23)21-10-4-11-24-12-9-14-5-2-1-3-6-14/h1-3,5-8,13H,4,9-12H2,(H2,21,22,23). The minimum absolute atomic E-state index is 0.316. The number of rotatable bonds is 8. The summed E-state index contributed by atoms with van der Waals surface area (Å²) in [6.07, 6.45) is 1.63. The lowest BCUT2D eigenvalue weighted by atomic mass is 10.2. The smallest absolute Gasteiger partial charge is 0.319 e. The van der Waals surface area contributed by atoms with Gasteiger partial charge in [0.1, 0.15) is 0 Å². The van der Waals surface area contributed by atoms with Crippen LogP contribution >= 0.6 is 23.2 Å². The Labute approximate surface area is 152 Å². The zero-order valence-electron chi connectivity index (χ0n) is 13.2. The molecule has 6 heteroatoms. The fraction of sp³-hybridized carbons (Fsp3) is 0.278. The number of carbonyl (C=O) groups is 1. The molecule has 0 saturated carbocycles. The molecule has 4 nitrogen and oxygen atoms in total. The summed E-state index contributed by atoms with van der Waals surface area (Å²) in [5.74, 6) is 0. The molecule has 0 aliphatic heterocycles. The summed E-state index contributed by atoms with van der Waals surface area (Å²) >= 11 is 11.9. The monoisotopic (exact) mass is 366 g/mol. The molecule has 0 radical (unpaired) electrons. The Bertz CT molecular complexity index is 651. The highest BCUT2D eigenvalue weighted by atomic mass is 35.5. The molecule has 0 aromatic heterocycles. The van der Waals surface area contributed by atoms with Gasteiger partial charge < -0.3 is 15.4 Å². The lowest BCUT2D eigenvalue weighted by Crippen LogP contribution is -2.30. The van der Waals surface area contributed by atoms with Gasteiger partial charge in [-0.3, -0.25) is 0 Å². The number of amides is 2. The molecule has 24 heavy (non-hydrogen) atoms. The number of hydrogen-bond acceptors (Lipinski definition) is 2. The summed E-state index contributed by atoms with van der Waals surface area (Å²) in [4.78, 5) is 11.8. The molecule has 128 valence electrons. The molecular weight excluding hydrogens is 347 g/mol. The van der Waals surface area contributed by atoms with Crippen molar-refractivity contribution in [2.75, 3.05) is 25.1 Å². The molecule has 2 N–H and O–H groups in total. The maximum Gasteiger partial charge on any atom is 0.319 e. The Kier molecular flexibility index (Phi) is 7.89. The molecule has 2 amide bonds. The third-order valence-corrected chi connectivity index (χ3v) is 3.87. The van der Waals surface area contributed by atoms with Crippen molar-refractivity contribution in [3.8, 4) is 0 Å². The first-order valence-corrected chi connectivity index (χ1v) is 8.52. The number of benzene rings is 2. The SMILES string of the molecule is O=C(NCCCOCCc1ccccc1)Nc1cc(Cl)ccc1Cl. The van der Waals surface area contributed by atoms with Crippen LogP contribution in [0, 0.1) is 0 Å². The minimum Gasteiger partial charge on any atom is -0.381 e. The van der Waals surface area contributed by atoms with Gasteiger partial charge in [-0.1, -0.05) is 53.5 Å². The molecular formula is C18H20Cl2N2O2. The van der Waals surface area contributed by atoms with Gasteiger partial charge in [-0.2, -0.15) is 0 Å². The maximum absolute atomic E-state index is 11.8. The lowest BCUT2D eigenvalue weighted by Gasteiger charge is -2.09. The van der Waals surface area contributed by atoms with Gasteiger partial charge >= 0.3 is 6.03 Å². The third-order valence-electron chi connectivity index (χ3n) is 3.31. The van der Waals surface area contributed by atoms with E-state index in [0.29, 0.717) is 35.5 Å². The highest BCUT2D eigenvalue weighted by Crippen LogP contribution is 2.25. The van der Waals surface area contributed by atoms with E-state index in [4.69, 9.17) is 27.9 Å². The zero-order valence-corrected chi connectivity index (χ0v) is 14.7.